The molecule has 2 aromatic carbocycles. The molecule has 3 aromatic rings. The first kappa shape index (κ1) is 12.9. The number of para-hydroxylation sites is 1. The molecule has 0 radical (unpaired) electrons. The van der Waals surface area contributed by atoms with Crippen LogP contribution in [0.1, 0.15) is 24.7 Å². The summed E-state index contributed by atoms with van der Waals surface area (Å²) in [6, 6.07) is 16.7. The van der Waals surface area contributed by atoms with Gasteiger partial charge in [-0.2, -0.15) is 0 Å². The molecule has 0 atom stereocenters. The summed E-state index contributed by atoms with van der Waals surface area (Å²) in [5, 5.41) is 1.20. The molecular weight excluding hydrogens is 246 g/mol. The van der Waals surface area contributed by atoms with Gasteiger partial charge in [-0.3, -0.25) is 0 Å². The van der Waals surface area contributed by atoms with E-state index in [2.05, 4.69) is 37.3 Å². The van der Waals surface area contributed by atoms with E-state index in [0.29, 0.717) is 6.54 Å². The van der Waals surface area contributed by atoms with Crippen LogP contribution in [-0.2, 0) is 13.0 Å². The molecule has 2 N–H and O–H groups in total. The summed E-state index contributed by atoms with van der Waals surface area (Å²) in [5.41, 5.74) is 10.4. The molecule has 3 rings (SSSR count). The van der Waals surface area contributed by atoms with E-state index < -0.39 is 0 Å². The van der Waals surface area contributed by atoms with Crippen molar-refractivity contribution in [1.29, 1.82) is 0 Å². The first-order valence-corrected chi connectivity index (χ1v) is 7.14. The third-order valence-electron chi connectivity index (χ3n) is 3.67. The number of nitrogens with two attached hydrogens (primary N) is 1. The molecule has 0 fully saturated rings. The summed E-state index contributed by atoms with van der Waals surface area (Å²) in [4.78, 5) is 0. The fourth-order valence-electron chi connectivity index (χ4n) is 2.75. The lowest BCUT2D eigenvalue weighted by Crippen LogP contribution is -1.98. The molecule has 1 aromatic heterocycles. The van der Waals surface area contributed by atoms with Crippen molar-refractivity contribution in [2.24, 2.45) is 5.73 Å². The molecule has 0 aliphatic rings. The van der Waals surface area contributed by atoms with E-state index in [1.54, 1.807) is 0 Å². The lowest BCUT2D eigenvalue weighted by Gasteiger charge is -2.02. The van der Waals surface area contributed by atoms with Crippen LogP contribution < -0.4 is 5.73 Å². The predicted octanol–water partition coefficient (Wildman–Crippen LogP) is 4.51. The van der Waals surface area contributed by atoms with E-state index in [1.807, 2.05) is 18.2 Å². The van der Waals surface area contributed by atoms with Gasteiger partial charge in [0, 0.05) is 16.5 Å². The quantitative estimate of drug-likeness (QED) is 0.753. The van der Waals surface area contributed by atoms with Gasteiger partial charge < -0.3 is 10.2 Å². The fraction of sp³-hybridized carbons (Fsp3) is 0.222. The average Bonchev–Trinajstić information content (AvgIpc) is 2.86. The minimum Gasteiger partial charge on any atom is -0.459 e. The van der Waals surface area contributed by atoms with Crippen LogP contribution >= 0.6 is 0 Å². The van der Waals surface area contributed by atoms with Crippen LogP contribution in [0, 0.1) is 0 Å². The molecule has 0 saturated heterocycles. The second-order valence-corrected chi connectivity index (χ2v) is 5.01. The van der Waals surface area contributed by atoms with E-state index in [-0.39, 0.29) is 0 Å². The first-order valence-electron chi connectivity index (χ1n) is 7.14. The largest absolute Gasteiger partial charge is 0.459 e. The lowest BCUT2D eigenvalue weighted by atomic mass is 10.00. The number of furan rings is 1. The molecule has 0 aliphatic carbocycles. The molecule has 0 bridgehead atoms. The maximum Gasteiger partial charge on any atom is 0.142 e. The molecule has 1 heterocycles. The summed E-state index contributed by atoms with van der Waals surface area (Å²) in [6.07, 6.45) is 2.11. The summed E-state index contributed by atoms with van der Waals surface area (Å²) >= 11 is 0. The van der Waals surface area contributed by atoms with Crippen molar-refractivity contribution in [2.45, 2.75) is 26.3 Å². The van der Waals surface area contributed by atoms with Gasteiger partial charge >= 0.3 is 0 Å². The Labute approximate surface area is 119 Å². The highest BCUT2D eigenvalue weighted by Crippen LogP contribution is 2.34. The maximum absolute atomic E-state index is 6.06. The Morgan fingerprint density at radius 1 is 1.00 bits per heavy atom. The number of rotatable bonds is 4. The summed E-state index contributed by atoms with van der Waals surface area (Å²) < 4.78 is 6.06. The fourth-order valence-corrected chi connectivity index (χ4v) is 2.75. The molecule has 2 nitrogen and oxygen atoms in total. The van der Waals surface area contributed by atoms with Crippen molar-refractivity contribution in [3.05, 3.63) is 59.9 Å². The van der Waals surface area contributed by atoms with Crippen molar-refractivity contribution in [2.75, 3.05) is 0 Å². The molecule has 0 amide bonds. The molecule has 0 saturated carbocycles. The Hall–Kier alpha value is -2.06. The van der Waals surface area contributed by atoms with E-state index in [1.165, 1.54) is 16.5 Å². The molecule has 0 spiro atoms. The summed E-state index contributed by atoms with van der Waals surface area (Å²) in [5.74, 6) is 0.922. The minimum atomic E-state index is 0.457. The molecule has 20 heavy (non-hydrogen) atoms. The van der Waals surface area contributed by atoms with Crippen molar-refractivity contribution >= 4 is 11.0 Å². The highest BCUT2D eigenvalue weighted by Gasteiger charge is 2.15. The third kappa shape index (κ3) is 2.12. The van der Waals surface area contributed by atoms with Crippen LogP contribution in [0.2, 0.25) is 0 Å². The topological polar surface area (TPSA) is 39.2 Å². The Kier molecular flexibility index (Phi) is 3.57. The van der Waals surface area contributed by atoms with Crippen LogP contribution in [0.25, 0.3) is 22.1 Å². The zero-order valence-electron chi connectivity index (χ0n) is 11.7. The van der Waals surface area contributed by atoms with E-state index >= 15 is 0 Å². The summed E-state index contributed by atoms with van der Waals surface area (Å²) in [6.45, 7) is 2.64. The van der Waals surface area contributed by atoms with E-state index in [9.17, 15) is 0 Å². The molecule has 102 valence electrons. The Morgan fingerprint density at radius 2 is 1.80 bits per heavy atom. The van der Waals surface area contributed by atoms with Crippen molar-refractivity contribution < 1.29 is 4.42 Å². The van der Waals surface area contributed by atoms with E-state index in [4.69, 9.17) is 10.2 Å². The second-order valence-electron chi connectivity index (χ2n) is 5.01. The number of hydrogen-bond acceptors (Lipinski definition) is 2. The van der Waals surface area contributed by atoms with Gasteiger partial charge in [-0.05, 0) is 12.0 Å². The number of aryl methyl sites for hydroxylation is 1. The predicted molar refractivity (Wildman–Crippen MR) is 83.5 cm³/mol. The molecule has 0 aliphatic heterocycles. The smallest absolute Gasteiger partial charge is 0.142 e. The zero-order chi connectivity index (χ0) is 13.9. The Morgan fingerprint density at radius 3 is 2.50 bits per heavy atom. The van der Waals surface area contributed by atoms with Crippen LogP contribution in [0.3, 0.4) is 0 Å². The van der Waals surface area contributed by atoms with Crippen molar-refractivity contribution in [3.63, 3.8) is 0 Å². The minimum absolute atomic E-state index is 0.457. The van der Waals surface area contributed by atoms with Crippen molar-refractivity contribution in [3.8, 4) is 11.1 Å². The standard InChI is InChI=1S/C18H19NO/c1-2-7-15-16-11-6-10-14(13-8-4-3-5-9-13)18(16)20-17(15)12-19/h3-6,8-11H,2,7,12,19H2,1H3. The van der Waals surface area contributed by atoms with Crippen LogP contribution in [0.4, 0.5) is 0 Å². The maximum atomic E-state index is 6.06. The van der Waals surface area contributed by atoms with Gasteiger partial charge in [-0.15, -0.1) is 0 Å². The number of fused-ring (bicyclic) bond motifs is 1. The highest BCUT2D eigenvalue weighted by molar-refractivity contribution is 5.95. The van der Waals surface area contributed by atoms with Gasteiger partial charge in [0.2, 0.25) is 0 Å². The summed E-state index contributed by atoms with van der Waals surface area (Å²) in [7, 11) is 0. The number of hydrogen-bond donors (Lipinski definition) is 1. The molecule has 2 heteroatoms. The van der Waals surface area contributed by atoms with Gasteiger partial charge in [-0.25, -0.2) is 0 Å². The van der Waals surface area contributed by atoms with Gasteiger partial charge in [0.05, 0.1) is 6.54 Å². The van der Waals surface area contributed by atoms with E-state index in [0.717, 1.165) is 29.7 Å². The lowest BCUT2D eigenvalue weighted by molar-refractivity contribution is 0.545. The average molecular weight is 265 g/mol. The third-order valence-corrected chi connectivity index (χ3v) is 3.67. The van der Waals surface area contributed by atoms with Crippen LogP contribution in [-0.4, -0.2) is 0 Å². The first-order chi connectivity index (χ1) is 9.85. The molecular formula is C18H19NO. The normalized spacial score (nSPS) is 11.1. The van der Waals surface area contributed by atoms with Gasteiger partial charge in [0.1, 0.15) is 11.3 Å². The van der Waals surface area contributed by atoms with Gasteiger partial charge in [-0.1, -0.05) is 61.9 Å². The Balaban J connectivity index is 2.25. The second kappa shape index (κ2) is 5.51. The van der Waals surface area contributed by atoms with Crippen LogP contribution in [0.15, 0.2) is 52.9 Å². The monoisotopic (exact) mass is 265 g/mol. The van der Waals surface area contributed by atoms with Gasteiger partial charge in [0.15, 0.2) is 0 Å². The molecule has 0 unspecified atom stereocenters. The van der Waals surface area contributed by atoms with Crippen LogP contribution in [0.5, 0.6) is 0 Å². The number of benzene rings is 2. The Bertz CT molecular complexity index is 713. The van der Waals surface area contributed by atoms with Gasteiger partial charge in [0.25, 0.3) is 0 Å². The SMILES string of the molecule is CCCc1c(CN)oc2c(-c3ccccc3)cccc12. The van der Waals surface area contributed by atoms with Crippen molar-refractivity contribution in [1.82, 2.24) is 0 Å². The highest BCUT2D eigenvalue weighted by atomic mass is 16.3. The zero-order valence-corrected chi connectivity index (χ0v) is 11.7.